The molecule has 5 nitrogen and oxygen atoms in total. The van der Waals surface area contributed by atoms with Crippen molar-refractivity contribution in [2.24, 2.45) is 0 Å². The van der Waals surface area contributed by atoms with Crippen molar-refractivity contribution in [1.82, 2.24) is 9.97 Å². The maximum Gasteiger partial charge on any atom is 0.150 e. The minimum atomic E-state index is 0.166. The number of pyridine rings is 2. The molecule has 4 aromatic rings. The van der Waals surface area contributed by atoms with Crippen molar-refractivity contribution in [3.05, 3.63) is 71.4 Å². The molecule has 0 radical (unpaired) electrons. The number of anilines is 2. The van der Waals surface area contributed by atoms with Gasteiger partial charge in [0.05, 0.1) is 12.1 Å². The smallest absolute Gasteiger partial charge is 0.150 e. The third-order valence-corrected chi connectivity index (χ3v) is 5.63. The lowest BCUT2D eigenvalue weighted by Gasteiger charge is -2.22. The number of aryl methyl sites for hydroxylation is 3. The van der Waals surface area contributed by atoms with Gasteiger partial charge in [-0.05, 0) is 67.6 Å². The monoisotopic (exact) mass is 400 g/mol. The molecule has 0 saturated heterocycles. The minimum absolute atomic E-state index is 0.166. The van der Waals surface area contributed by atoms with Gasteiger partial charge in [0.2, 0.25) is 0 Å². The van der Waals surface area contributed by atoms with Crippen LogP contribution in [-0.2, 0) is 12.8 Å². The highest BCUT2D eigenvalue weighted by atomic mass is 16.3. The van der Waals surface area contributed by atoms with Gasteiger partial charge in [0.25, 0.3) is 0 Å². The Morgan fingerprint density at radius 3 is 2.47 bits per heavy atom. The van der Waals surface area contributed by atoms with E-state index in [4.69, 9.17) is 5.73 Å². The number of nitrogens with zero attached hydrogens (tertiary/aromatic N) is 3. The number of rotatable bonds is 7. The summed E-state index contributed by atoms with van der Waals surface area (Å²) in [5.41, 5.74) is 12.6. The first-order chi connectivity index (χ1) is 14.6. The lowest BCUT2D eigenvalue weighted by molar-refractivity contribution is 0.302. The fourth-order valence-electron chi connectivity index (χ4n) is 3.95. The molecule has 0 unspecified atom stereocenters. The quantitative estimate of drug-likeness (QED) is 0.453. The number of hydrogen-bond acceptors (Lipinski definition) is 5. The van der Waals surface area contributed by atoms with E-state index in [1.807, 2.05) is 6.20 Å². The van der Waals surface area contributed by atoms with Gasteiger partial charge < -0.3 is 15.7 Å². The standard InChI is InChI=1S/C25H28N4O/c1-3-29(12-13-30)20-9-7-18(8-10-20)5-6-19-15-22-21-11-4-17(2)14-23(21)28-25(26)24(22)27-16-19/h4,7-11,14-16,30H,3,5-6,12-13H2,1-2H3,(H2,26,28). The van der Waals surface area contributed by atoms with Gasteiger partial charge in [-0.1, -0.05) is 24.3 Å². The Morgan fingerprint density at radius 1 is 0.967 bits per heavy atom. The number of fused-ring (bicyclic) bond motifs is 3. The molecule has 4 rings (SSSR count). The van der Waals surface area contributed by atoms with Crippen LogP contribution in [0.3, 0.4) is 0 Å². The molecule has 2 heterocycles. The summed E-state index contributed by atoms with van der Waals surface area (Å²) < 4.78 is 0. The van der Waals surface area contributed by atoms with Crippen LogP contribution in [0.1, 0.15) is 23.6 Å². The molecule has 0 saturated carbocycles. The summed E-state index contributed by atoms with van der Waals surface area (Å²) in [7, 11) is 0. The summed E-state index contributed by atoms with van der Waals surface area (Å²) in [6.45, 7) is 5.87. The summed E-state index contributed by atoms with van der Waals surface area (Å²) >= 11 is 0. The van der Waals surface area contributed by atoms with Gasteiger partial charge in [-0.25, -0.2) is 4.98 Å². The summed E-state index contributed by atoms with van der Waals surface area (Å²) in [6.07, 6.45) is 3.76. The molecule has 2 aromatic heterocycles. The molecule has 0 aliphatic carbocycles. The van der Waals surface area contributed by atoms with E-state index in [0.717, 1.165) is 46.9 Å². The number of nitrogen functional groups attached to an aromatic ring is 1. The van der Waals surface area contributed by atoms with Crippen LogP contribution in [0.2, 0.25) is 0 Å². The molecular formula is C25H28N4O. The maximum absolute atomic E-state index is 9.21. The van der Waals surface area contributed by atoms with E-state index in [1.54, 1.807) is 0 Å². The van der Waals surface area contributed by atoms with Gasteiger partial charge in [0.1, 0.15) is 5.52 Å². The largest absolute Gasteiger partial charge is 0.395 e. The first-order valence-corrected chi connectivity index (χ1v) is 10.5. The van der Waals surface area contributed by atoms with Crippen molar-refractivity contribution in [1.29, 1.82) is 0 Å². The number of hydrogen-bond donors (Lipinski definition) is 2. The molecule has 0 spiro atoms. The Labute approximate surface area is 177 Å². The molecule has 0 amide bonds. The minimum Gasteiger partial charge on any atom is -0.395 e. The molecule has 5 heteroatoms. The Bertz CT molecular complexity index is 1170. The zero-order valence-corrected chi connectivity index (χ0v) is 17.6. The van der Waals surface area contributed by atoms with E-state index < -0.39 is 0 Å². The van der Waals surface area contributed by atoms with Crippen LogP contribution < -0.4 is 10.6 Å². The summed E-state index contributed by atoms with van der Waals surface area (Å²) in [5, 5.41) is 11.4. The van der Waals surface area contributed by atoms with Crippen molar-refractivity contribution in [3.63, 3.8) is 0 Å². The molecular weight excluding hydrogens is 372 g/mol. The van der Waals surface area contributed by atoms with Crippen molar-refractivity contribution >= 4 is 33.3 Å². The van der Waals surface area contributed by atoms with Crippen molar-refractivity contribution in [3.8, 4) is 0 Å². The molecule has 0 bridgehead atoms. The summed E-state index contributed by atoms with van der Waals surface area (Å²) in [6, 6.07) is 17.1. The average Bonchev–Trinajstić information content (AvgIpc) is 2.76. The number of likely N-dealkylation sites (N-methyl/N-ethyl adjacent to an activating group) is 1. The fourth-order valence-corrected chi connectivity index (χ4v) is 3.95. The molecule has 2 aromatic carbocycles. The lowest BCUT2D eigenvalue weighted by atomic mass is 10.0. The van der Waals surface area contributed by atoms with Crippen LogP contribution in [0.15, 0.2) is 54.7 Å². The number of nitrogens with two attached hydrogens (primary N) is 1. The van der Waals surface area contributed by atoms with Crippen LogP contribution in [0.4, 0.5) is 11.5 Å². The van der Waals surface area contributed by atoms with Gasteiger partial charge in [0, 0.05) is 35.7 Å². The van der Waals surface area contributed by atoms with Crippen LogP contribution in [0.25, 0.3) is 21.8 Å². The average molecular weight is 401 g/mol. The lowest BCUT2D eigenvalue weighted by Crippen LogP contribution is -2.25. The van der Waals surface area contributed by atoms with Crippen LogP contribution >= 0.6 is 0 Å². The fraction of sp³-hybridized carbons (Fsp3) is 0.280. The zero-order chi connectivity index (χ0) is 21.1. The number of benzene rings is 2. The van der Waals surface area contributed by atoms with Gasteiger partial charge in [-0.15, -0.1) is 0 Å². The Kier molecular flexibility index (Phi) is 5.81. The van der Waals surface area contributed by atoms with E-state index in [-0.39, 0.29) is 6.61 Å². The van der Waals surface area contributed by atoms with E-state index >= 15 is 0 Å². The first kappa shape index (κ1) is 20.1. The highest BCUT2D eigenvalue weighted by Crippen LogP contribution is 2.28. The van der Waals surface area contributed by atoms with Crippen LogP contribution in [0.5, 0.6) is 0 Å². The summed E-state index contributed by atoms with van der Waals surface area (Å²) in [4.78, 5) is 11.3. The predicted molar refractivity (Wildman–Crippen MR) is 125 cm³/mol. The molecule has 3 N–H and O–H groups in total. The van der Waals surface area contributed by atoms with Crippen LogP contribution in [-0.4, -0.2) is 34.8 Å². The Morgan fingerprint density at radius 2 is 1.73 bits per heavy atom. The second-order valence-corrected chi connectivity index (χ2v) is 7.73. The molecule has 30 heavy (non-hydrogen) atoms. The number of aromatic nitrogens is 2. The van der Waals surface area contributed by atoms with E-state index in [1.165, 1.54) is 16.7 Å². The Balaban J connectivity index is 1.56. The van der Waals surface area contributed by atoms with E-state index in [2.05, 4.69) is 77.2 Å². The van der Waals surface area contributed by atoms with E-state index in [9.17, 15) is 5.11 Å². The van der Waals surface area contributed by atoms with Gasteiger partial charge in [-0.2, -0.15) is 0 Å². The topological polar surface area (TPSA) is 75.3 Å². The predicted octanol–water partition coefficient (Wildman–Crippen LogP) is 4.28. The molecule has 0 atom stereocenters. The maximum atomic E-state index is 9.21. The first-order valence-electron chi connectivity index (χ1n) is 10.5. The normalized spacial score (nSPS) is 11.3. The zero-order valence-electron chi connectivity index (χ0n) is 17.6. The molecule has 154 valence electrons. The van der Waals surface area contributed by atoms with Crippen molar-refractivity contribution in [2.75, 3.05) is 30.3 Å². The van der Waals surface area contributed by atoms with Crippen molar-refractivity contribution in [2.45, 2.75) is 26.7 Å². The Hall–Kier alpha value is -3.18. The molecule has 0 aliphatic heterocycles. The van der Waals surface area contributed by atoms with E-state index in [0.29, 0.717) is 12.4 Å². The second kappa shape index (κ2) is 8.67. The summed E-state index contributed by atoms with van der Waals surface area (Å²) in [5.74, 6) is 0.480. The second-order valence-electron chi connectivity index (χ2n) is 7.73. The highest BCUT2D eigenvalue weighted by molar-refractivity contribution is 6.08. The molecule has 0 fully saturated rings. The third kappa shape index (κ3) is 4.07. The SMILES string of the molecule is CCN(CCO)c1ccc(CCc2cnc3c(N)nc4cc(C)ccc4c3c2)cc1. The van der Waals surface area contributed by atoms with Gasteiger partial charge in [-0.3, -0.25) is 4.98 Å². The van der Waals surface area contributed by atoms with Gasteiger partial charge in [0.15, 0.2) is 5.82 Å². The van der Waals surface area contributed by atoms with Crippen molar-refractivity contribution < 1.29 is 5.11 Å². The van der Waals surface area contributed by atoms with Gasteiger partial charge >= 0.3 is 0 Å². The highest BCUT2D eigenvalue weighted by Gasteiger charge is 2.09. The van der Waals surface area contributed by atoms with Crippen LogP contribution in [0, 0.1) is 6.92 Å². The third-order valence-electron chi connectivity index (χ3n) is 5.63. The number of aliphatic hydroxyl groups is 1. The molecule has 0 aliphatic rings. The number of aliphatic hydroxyl groups excluding tert-OH is 1.